The van der Waals surface area contributed by atoms with Gasteiger partial charge in [0.25, 0.3) is 11.8 Å². The Labute approximate surface area is 119 Å². The summed E-state index contributed by atoms with van der Waals surface area (Å²) in [6.07, 6.45) is -5.71. The second-order valence-corrected chi connectivity index (χ2v) is 4.07. The van der Waals surface area contributed by atoms with Crippen LogP contribution in [0.1, 0.15) is 24.6 Å². The van der Waals surface area contributed by atoms with E-state index in [1.807, 2.05) is 0 Å². The summed E-state index contributed by atoms with van der Waals surface area (Å²) in [5.41, 5.74) is 0.772. The second kappa shape index (κ2) is 5.54. The highest BCUT2D eigenvalue weighted by atomic mass is 19.3. The molecule has 3 aromatic rings. The predicted octanol–water partition coefficient (Wildman–Crippen LogP) is 3.66. The van der Waals surface area contributed by atoms with E-state index < -0.39 is 24.6 Å². The molecule has 6 nitrogen and oxygen atoms in total. The van der Waals surface area contributed by atoms with Crippen LogP contribution >= 0.6 is 0 Å². The van der Waals surface area contributed by atoms with Crippen LogP contribution < -0.4 is 0 Å². The van der Waals surface area contributed by atoms with Crippen molar-refractivity contribution in [3.05, 3.63) is 36.0 Å². The molecule has 10 heteroatoms. The van der Waals surface area contributed by atoms with E-state index in [2.05, 4.69) is 20.4 Å². The van der Waals surface area contributed by atoms with Crippen LogP contribution in [0, 0.1) is 0 Å². The summed E-state index contributed by atoms with van der Waals surface area (Å²) in [5, 5.41) is 13.4. The molecule has 0 radical (unpaired) electrons. The summed E-state index contributed by atoms with van der Waals surface area (Å²) in [6, 6.07) is 5.91. The third kappa shape index (κ3) is 2.67. The first-order chi connectivity index (χ1) is 10.5. The zero-order chi connectivity index (χ0) is 15.7. The molecular weight excluding hydrogens is 308 g/mol. The van der Waals surface area contributed by atoms with E-state index in [9.17, 15) is 17.6 Å². The van der Waals surface area contributed by atoms with Crippen LogP contribution in [0.5, 0.6) is 0 Å². The molecule has 0 N–H and O–H groups in total. The zero-order valence-corrected chi connectivity index (χ0v) is 10.6. The molecule has 3 rings (SSSR count). The number of rotatable bonds is 4. The molecule has 2 heterocycles. The highest BCUT2D eigenvalue weighted by Crippen LogP contribution is 2.27. The molecule has 2 aromatic heterocycles. The van der Waals surface area contributed by atoms with Gasteiger partial charge >= 0.3 is 12.9 Å². The summed E-state index contributed by atoms with van der Waals surface area (Å²) in [6.45, 7) is 0. The first-order valence-corrected chi connectivity index (χ1v) is 5.88. The van der Waals surface area contributed by atoms with Crippen LogP contribution in [0.4, 0.5) is 17.6 Å². The van der Waals surface area contributed by atoms with Crippen molar-refractivity contribution >= 4 is 0 Å². The highest BCUT2D eigenvalue weighted by molar-refractivity contribution is 5.61. The molecule has 114 valence electrons. The summed E-state index contributed by atoms with van der Waals surface area (Å²) in [7, 11) is 0. The van der Waals surface area contributed by atoms with Crippen molar-refractivity contribution in [2.75, 3.05) is 0 Å². The average Bonchev–Trinajstić information content (AvgIpc) is 3.17. The highest BCUT2D eigenvalue weighted by Gasteiger charge is 2.18. The van der Waals surface area contributed by atoms with Gasteiger partial charge in [0, 0.05) is 11.1 Å². The van der Waals surface area contributed by atoms with Crippen molar-refractivity contribution in [2.45, 2.75) is 12.9 Å². The fourth-order valence-corrected chi connectivity index (χ4v) is 1.63. The Morgan fingerprint density at radius 3 is 1.27 bits per heavy atom. The average molecular weight is 314 g/mol. The minimum atomic E-state index is -2.85. The maximum atomic E-state index is 12.4. The molecule has 0 saturated carbocycles. The Morgan fingerprint density at radius 2 is 1.00 bits per heavy atom. The van der Waals surface area contributed by atoms with Crippen molar-refractivity contribution in [3.8, 4) is 22.9 Å². The Morgan fingerprint density at radius 1 is 0.636 bits per heavy atom. The SMILES string of the molecule is FC(F)c1nnc(-c2ccc(-c3nnc(C(F)F)o3)cc2)o1. The third-order valence-electron chi connectivity index (χ3n) is 2.63. The Bertz CT molecular complexity index is 704. The lowest BCUT2D eigenvalue weighted by molar-refractivity contribution is 0.115. The van der Waals surface area contributed by atoms with Gasteiger partial charge in [0.1, 0.15) is 0 Å². The molecule has 1 aromatic carbocycles. The number of hydrogen-bond donors (Lipinski definition) is 0. The van der Waals surface area contributed by atoms with E-state index >= 15 is 0 Å². The lowest BCUT2D eigenvalue weighted by Crippen LogP contribution is -1.81. The maximum Gasteiger partial charge on any atom is 0.314 e. The largest absolute Gasteiger partial charge is 0.415 e. The fourth-order valence-electron chi connectivity index (χ4n) is 1.63. The van der Waals surface area contributed by atoms with Gasteiger partial charge in [0.2, 0.25) is 11.8 Å². The Hall–Kier alpha value is -2.78. The molecule has 0 spiro atoms. The smallest absolute Gasteiger partial charge is 0.314 e. The molecular formula is C12H6F4N4O2. The number of benzene rings is 1. The predicted molar refractivity (Wildman–Crippen MR) is 62.9 cm³/mol. The van der Waals surface area contributed by atoms with Crippen LogP contribution in [-0.4, -0.2) is 20.4 Å². The van der Waals surface area contributed by atoms with Crippen molar-refractivity contribution in [1.29, 1.82) is 0 Å². The summed E-state index contributed by atoms with van der Waals surface area (Å²) < 4.78 is 59.0. The monoisotopic (exact) mass is 314 g/mol. The van der Waals surface area contributed by atoms with Crippen LogP contribution in [0.15, 0.2) is 33.1 Å². The van der Waals surface area contributed by atoms with Crippen molar-refractivity contribution < 1.29 is 26.4 Å². The number of aromatic nitrogens is 4. The number of alkyl halides is 4. The zero-order valence-electron chi connectivity index (χ0n) is 10.6. The normalized spacial score (nSPS) is 11.5. The van der Waals surface area contributed by atoms with Crippen molar-refractivity contribution in [2.24, 2.45) is 0 Å². The van der Waals surface area contributed by atoms with Gasteiger partial charge in [-0.15, -0.1) is 20.4 Å². The van der Waals surface area contributed by atoms with Crippen LogP contribution in [0.25, 0.3) is 22.9 Å². The van der Waals surface area contributed by atoms with Gasteiger partial charge < -0.3 is 8.83 Å². The van der Waals surface area contributed by atoms with E-state index in [4.69, 9.17) is 8.83 Å². The number of halogens is 4. The second-order valence-electron chi connectivity index (χ2n) is 4.07. The summed E-state index contributed by atoms with van der Waals surface area (Å²) >= 11 is 0. The van der Waals surface area contributed by atoms with E-state index in [1.54, 1.807) is 0 Å². The van der Waals surface area contributed by atoms with Crippen LogP contribution in [-0.2, 0) is 0 Å². The molecule has 0 saturated heterocycles. The molecule has 0 unspecified atom stereocenters. The molecule has 0 fully saturated rings. The topological polar surface area (TPSA) is 77.8 Å². The lowest BCUT2D eigenvalue weighted by Gasteiger charge is -1.97. The Balaban J connectivity index is 1.85. The lowest BCUT2D eigenvalue weighted by atomic mass is 10.1. The van der Waals surface area contributed by atoms with Gasteiger partial charge in [-0.2, -0.15) is 17.6 Å². The van der Waals surface area contributed by atoms with E-state index in [0.717, 1.165) is 0 Å². The third-order valence-corrected chi connectivity index (χ3v) is 2.63. The standard InChI is InChI=1S/C12H6F4N4O2/c13-7(14)11-19-17-9(21-11)5-1-2-6(4-3-5)10-18-20-12(22-10)8(15)16/h1-4,7-8H. The minimum Gasteiger partial charge on any atom is -0.415 e. The molecule has 22 heavy (non-hydrogen) atoms. The van der Waals surface area contributed by atoms with E-state index in [-0.39, 0.29) is 11.8 Å². The fraction of sp³-hybridized carbons (Fsp3) is 0.167. The van der Waals surface area contributed by atoms with Gasteiger partial charge in [0.05, 0.1) is 0 Å². The minimum absolute atomic E-state index is 0.0827. The van der Waals surface area contributed by atoms with E-state index in [0.29, 0.717) is 11.1 Å². The first-order valence-electron chi connectivity index (χ1n) is 5.88. The maximum absolute atomic E-state index is 12.4. The molecule has 0 aliphatic carbocycles. The summed E-state index contributed by atoms with van der Waals surface area (Å²) in [4.78, 5) is 0. The number of nitrogens with zero attached hydrogens (tertiary/aromatic N) is 4. The van der Waals surface area contributed by atoms with Gasteiger partial charge in [-0.25, -0.2) is 0 Å². The first kappa shape index (κ1) is 14.2. The number of hydrogen-bond acceptors (Lipinski definition) is 6. The molecule has 0 amide bonds. The van der Waals surface area contributed by atoms with Crippen LogP contribution in [0.2, 0.25) is 0 Å². The summed E-state index contributed by atoms with van der Waals surface area (Å²) in [5.74, 6) is -1.73. The molecule has 0 aliphatic rings. The van der Waals surface area contributed by atoms with Gasteiger partial charge in [-0.05, 0) is 24.3 Å². The van der Waals surface area contributed by atoms with Crippen molar-refractivity contribution in [1.82, 2.24) is 20.4 Å². The van der Waals surface area contributed by atoms with Gasteiger partial charge in [0.15, 0.2) is 0 Å². The Kier molecular flexibility index (Phi) is 3.57. The molecule has 0 bridgehead atoms. The van der Waals surface area contributed by atoms with E-state index in [1.165, 1.54) is 24.3 Å². The van der Waals surface area contributed by atoms with Gasteiger partial charge in [-0.1, -0.05) is 0 Å². The van der Waals surface area contributed by atoms with Gasteiger partial charge in [-0.3, -0.25) is 0 Å². The molecule has 0 atom stereocenters. The van der Waals surface area contributed by atoms with Crippen LogP contribution in [0.3, 0.4) is 0 Å². The quantitative estimate of drug-likeness (QED) is 0.684. The molecule has 0 aliphatic heterocycles. The van der Waals surface area contributed by atoms with Crippen molar-refractivity contribution in [3.63, 3.8) is 0 Å².